The van der Waals surface area contributed by atoms with Gasteiger partial charge in [0.25, 0.3) is 0 Å². The van der Waals surface area contributed by atoms with Crippen LogP contribution in [-0.4, -0.2) is 21.4 Å². The molecule has 5 heteroatoms. The van der Waals surface area contributed by atoms with Crippen molar-refractivity contribution in [2.75, 3.05) is 0 Å². The highest BCUT2D eigenvalue weighted by Gasteiger charge is 2.25. The predicted octanol–water partition coefficient (Wildman–Crippen LogP) is 3.52. The van der Waals surface area contributed by atoms with Gasteiger partial charge in [-0.2, -0.15) is 4.98 Å². The van der Waals surface area contributed by atoms with E-state index >= 15 is 0 Å². The van der Waals surface area contributed by atoms with Gasteiger partial charge >= 0.3 is 0 Å². The maximum Gasteiger partial charge on any atom is 0.227 e. The van der Waals surface area contributed by atoms with Gasteiger partial charge in [0.15, 0.2) is 5.82 Å². The molecule has 1 heterocycles. The molecule has 1 saturated carbocycles. The highest BCUT2D eigenvalue weighted by molar-refractivity contribution is 9.10. The lowest BCUT2D eigenvalue weighted by Crippen LogP contribution is -2.26. The third-order valence-electron chi connectivity index (χ3n) is 4.07. The Bertz CT molecular complexity index is 599. The normalized spacial score (nSPS) is 22.4. The third-order valence-corrected chi connectivity index (χ3v) is 4.56. The van der Waals surface area contributed by atoms with E-state index in [2.05, 4.69) is 32.1 Å². The van der Waals surface area contributed by atoms with Crippen LogP contribution in [0.2, 0.25) is 0 Å². The zero-order chi connectivity index (χ0) is 14.7. The summed E-state index contributed by atoms with van der Waals surface area (Å²) in [6.07, 6.45) is 5.37. The van der Waals surface area contributed by atoms with Crippen LogP contribution < -0.4 is 0 Å². The molecular weight excluding hydrogens is 332 g/mol. The minimum atomic E-state index is -0.223. The second-order valence-corrected chi connectivity index (χ2v) is 6.64. The van der Waals surface area contributed by atoms with Gasteiger partial charge in [0.2, 0.25) is 5.89 Å². The molecule has 0 bridgehead atoms. The van der Waals surface area contributed by atoms with Crippen LogP contribution in [-0.2, 0) is 12.8 Å². The standard InChI is InChI=1S/C16H19BrN2O2/c17-13-6-3-4-11(8-13)9-15-18-16(21-19-15)10-12-5-1-2-7-14(12)20/h3-4,6,8,12,14,20H,1-2,5,7,9-10H2. The van der Waals surface area contributed by atoms with E-state index in [4.69, 9.17) is 4.52 Å². The molecule has 1 aromatic carbocycles. The molecule has 21 heavy (non-hydrogen) atoms. The van der Waals surface area contributed by atoms with Crippen LogP contribution in [0.3, 0.4) is 0 Å². The number of nitrogens with zero attached hydrogens (tertiary/aromatic N) is 2. The highest BCUT2D eigenvalue weighted by Crippen LogP contribution is 2.27. The molecule has 1 aliphatic rings. The Morgan fingerprint density at radius 1 is 1.29 bits per heavy atom. The molecule has 3 rings (SSSR count). The fourth-order valence-electron chi connectivity index (χ4n) is 2.92. The quantitative estimate of drug-likeness (QED) is 0.916. The molecule has 1 aliphatic carbocycles. The minimum absolute atomic E-state index is 0.223. The molecule has 0 saturated heterocycles. The first-order chi connectivity index (χ1) is 10.2. The van der Waals surface area contributed by atoms with Gasteiger partial charge in [-0.3, -0.25) is 0 Å². The summed E-state index contributed by atoms with van der Waals surface area (Å²) < 4.78 is 6.38. The number of aromatic nitrogens is 2. The first-order valence-corrected chi connectivity index (χ1v) is 8.24. The van der Waals surface area contributed by atoms with Crippen molar-refractivity contribution >= 4 is 15.9 Å². The van der Waals surface area contributed by atoms with Crippen LogP contribution in [0.25, 0.3) is 0 Å². The van der Waals surface area contributed by atoms with Gasteiger partial charge in [0, 0.05) is 17.3 Å². The van der Waals surface area contributed by atoms with Crippen LogP contribution >= 0.6 is 15.9 Å². The van der Waals surface area contributed by atoms with E-state index in [1.165, 1.54) is 6.42 Å². The topological polar surface area (TPSA) is 59.2 Å². The molecule has 0 amide bonds. The summed E-state index contributed by atoms with van der Waals surface area (Å²) in [5, 5.41) is 14.1. The van der Waals surface area contributed by atoms with Crippen molar-refractivity contribution in [2.45, 2.75) is 44.6 Å². The van der Waals surface area contributed by atoms with E-state index in [-0.39, 0.29) is 12.0 Å². The zero-order valence-electron chi connectivity index (χ0n) is 11.8. The maximum atomic E-state index is 10.0. The van der Waals surface area contributed by atoms with Crippen molar-refractivity contribution in [3.8, 4) is 0 Å². The van der Waals surface area contributed by atoms with Gasteiger partial charge in [-0.05, 0) is 36.5 Å². The Kier molecular flexibility index (Phi) is 4.70. The van der Waals surface area contributed by atoms with Crippen LogP contribution in [0.1, 0.15) is 43.0 Å². The molecule has 1 aromatic heterocycles. The number of hydrogen-bond donors (Lipinski definition) is 1. The second kappa shape index (κ2) is 6.71. The average molecular weight is 351 g/mol. The molecule has 0 spiro atoms. The number of hydrogen-bond acceptors (Lipinski definition) is 4. The van der Waals surface area contributed by atoms with Gasteiger partial charge in [0.05, 0.1) is 6.10 Å². The summed E-state index contributed by atoms with van der Waals surface area (Å²) in [7, 11) is 0. The molecule has 0 aliphatic heterocycles. The SMILES string of the molecule is OC1CCCCC1Cc1nc(Cc2cccc(Br)c2)no1. The van der Waals surface area contributed by atoms with Crippen LogP contribution in [0, 0.1) is 5.92 Å². The number of rotatable bonds is 4. The van der Waals surface area contributed by atoms with Crippen LogP contribution in [0.4, 0.5) is 0 Å². The molecule has 2 atom stereocenters. The Labute approximate surface area is 132 Å². The zero-order valence-corrected chi connectivity index (χ0v) is 13.4. The summed E-state index contributed by atoms with van der Waals surface area (Å²) in [6, 6.07) is 8.10. The van der Waals surface area contributed by atoms with E-state index in [1.807, 2.05) is 18.2 Å². The Morgan fingerprint density at radius 3 is 2.95 bits per heavy atom. The number of benzene rings is 1. The van der Waals surface area contributed by atoms with E-state index in [0.717, 1.165) is 29.3 Å². The Balaban J connectivity index is 1.63. The molecule has 4 nitrogen and oxygen atoms in total. The number of halogens is 1. The average Bonchev–Trinajstić information content (AvgIpc) is 2.89. The van der Waals surface area contributed by atoms with E-state index in [1.54, 1.807) is 0 Å². The number of aliphatic hydroxyl groups is 1. The maximum absolute atomic E-state index is 10.0. The Morgan fingerprint density at radius 2 is 2.14 bits per heavy atom. The predicted molar refractivity (Wildman–Crippen MR) is 82.9 cm³/mol. The second-order valence-electron chi connectivity index (χ2n) is 5.73. The molecular formula is C16H19BrN2O2. The fraction of sp³-hybridized carbons (Fsp3) is 0.500. The lowest BCUT2D eigenvalue weighted by Gasteiger charge is -2.26. The molecule has 2 aromatic rings. The van der Waals surface area contributed by atoms with Crippen molar-refractivity contribution in [3.63, 3.8) is 0 Å². The van der Waals surface area contributed by atoms with Crippen molar-refractivity contribution in [1.82, 2.24) is 10.1 Å². The van der Waals surface area contributed by atoms with Crippen molar-refractivity contribution in [1.29, 1.82) is 0 Å². The van der Waals surface area contributed by atoms with Crippen LogP contribution in [0.15, 0.2) is 33.3 Å². The fourth-order valence-corrected chi connectivity index (χ4v) is 3.37. The molecule has 0 radical (unpaired) electrons. The summed E-state index contributed by atoms with van der Waals surface area (Å²) >= 11 is 3.46. The van der Waals surface area contributed by atoms with Crippen molar-refractivity contribution < 1.29 is 9.63 Å². The molecule has 1 N–H and O–H groups in total. The third kappa shape index (κ3) is 3.92. The summed E-state index contributed by atoms with van der Waals surface area (Å²) in [6.45, 7) is 0. The molecule has 2 unspecified atom stereocenters. The van der Waals surface area contributed by atoms with Gasteiger partial charge < -0.3 is 9.63 Å². The highest BCUT2D eigenvalue weighted by atomic mass is 79.9. The summed E-state index contributed by atoms with van der Waals surface area (Å²) in [4.78, 5) is 4.46. The number of aliphatic hydroxyl groups excluding tert-OH is 1. The Hall–Kier alpha value is -1.20. The summed E-state index contributed by atoms with van der Waals surface area (Å²) in [5.41, 5.74) is 1.15. The minimum Gasteiger partial charge on any atom is -0.393 e. The van der Waals surface area contributed by atoms with E-state index < -0.39 is 0 Å². The monoisotopic (exact) mass is 350 g/mol. The van der Waals surface area contributed by atoms with Gasteiger partial charge in [-0.15, -0.1) is 0 Å². The molecule has 112 valence electrons. The summed E-state index contributed by atoms with van der Waals surface area (Å²) in [5.74, 6) is 1.61. The first kappa shape index (κ1) is 14.7. The lowest BCUT2D eigenvalue weighted by atomic mass is 9.84. The van der Waals surface area contributed by atoms with Gasteiger partial charge in [-0.25, -0.2) is 0 Å². The van der Waals surface area contributed by atoms with Crippen LogP contribution in [0.5, 0.6) is 0 Å². The smallest absolute Gasteiger partial charge is 0.227 e. The molecule has 1 fully saturated rings. The van der Waals surface area contributed by atoms with E-state index in [9.17, 15) is 5.11 Å². The van der Waals surface area contributed by atoms with Gasteiger partial charge in [0.1, 0.15) is 0 Å². The van der Waals surface area contributed by atoms with Gasteiger partial charge in [-0.1, -0.05) is 46.1 Å². The largest absolute Gasteiger partial charge is 0.393 e. The van der Waals surface area contributed by atoms with Crippen molar-refractivity contribution in [2.24, 2.45) is 5.92 Å². The lowest BCUT2D eigenvalue weighted by molar-refractivity contribution is 0.0657. The van der Waals surface area contributed by atoms with Crippen molar-refractivity contribution in [3.05, 3.63) is 46.0 Å². The first-order valence-electron chi connectivity index (χ1n) is 7.44. The van der Waals surface area contributed by atoms with E-state index in [0.29, 0.717) is 24.6 Å².